The van der Waals surface area contributed by atoms with Crippen LogP contribution in [0.4, 0.5) is 5.69 Å². The number of unbranched alkanes of at least 4 members (excludes halogenated alkanes) is 4. The molecule has 0 radical (unpaired) electrons. The Balaban J connectivity index is 2.09. The van der Waals surface area contributed by atoms with Crippen LogP contribution in [-0.4, -0.2) is 24.8 Å². The van der Waals surface area contributed by atoms with E-state index in [-0.39, 0.29) is 18.3 Å². The van der Waals surface area contributed by atoms with Gasteiger partial charge in [0.2, 0.25) is 0 Å². The van der Waals surface area contributed by atoms with E-state index < -0.39 is 0 Å². The molecule has 0 aromatic heterocycles. The highest BCUT2D eigenvalue weighted by Crippen LogP contribution is 2.33. The summed E-state index contributed by atoms with van der Waals surface area (Å²) in [5.41, 5.74) is 1.34. The van der Waals surface area contributed by atoms with Crippen molar-refractivity contribution in [2.24, 2.45) is 0 Å². The molecule has 4 heteroatoms. The lowest BCUT2D eigenvalue weighted by molar-refractivity contribution is -0.121. The maximum absolute atomic E-state index is 12.1. The molecule has 1 heterocycles. The van der Waals surface area contributed by atoms with Crippen LogP contribution in [0.15, 0.2) is 18.2 Å². The van der Waals surface area contributed by atoms with Gasteiger partial charge in [0.1, 0.15) is 5.75 Å². The largest absolute Gasteiger partial charge is 0.482 e. The van der Waals surface area contributed by atoms with Gasteiger partial charge in [-0.25, -0.2) is 0 Å². The van der Waals surface area contributed by atoms with Crippen LogP contribution in [0, 0.1) is 0 Å². The molecule has 0 saturated carbocycles. The average molecular weight is 289 g/mol. The first-order valence-electron chi connectivity index (χ1n) is 7.71. The maximum Gasteiger partial charge on any atom is 0.265 e. The van der Waals surface area contributed by atoms with Crippen molar-refractivity contribution in [3.8, 4) is 5.75 Å². The van der Waals surface area contributed by atoms with E-state index in [9.17, 15) is 9.59 Å². The van der Waals surface area contributed by atoms with Gasteiger partial charge in [-0.3, -0.25) is 9.59 Å². The third kappa shape index (κ3) is 3.84. The van der Waals surface area contributed by atoms with E-state index in [0.717, 1.165) is 18.5 Å². The number of rotatable bonds is 7. The summed E-state index contributed by atoms with van der Waals surface area (Å²) in [5, 5.41) is 0. The summed E-state index contributed by atoms with van der Waals surface area (Å²) in [5.74, 6) is 0.658. The highest BCUT2D eigenvalue weighted by molar-refractivity contribution is 6.01. The van der Waals surface area contributed by atoms with Crippen LogP contribution >= 0.6 is 0 Å². The van der Waals surface area contributed by atoms with Gasteiger partial charge in [0.05, 0.1) is 5.69 Å². The lowest BCUT2D eigenvalue weighted by atomic mass is 10.1. The third-order valence-electron chi connectivity index (χ3n) is 3.79. The molecule has 2 rings (SSSR count). The van der Waals surface area contributed by atoms with Gasteiger partial charge in [0.15, 0.2) is 12.4 Å². The van der Waals surface area contributed by atoms with E-state index >= 15 is 0 Å². The number of amides is 1. The summed E-state index contributed by atoms with van der Waals surface area (Å²) in [6.45, 7) is 4.50. The SMILES string of the molecule is CCCCCCCN1C(=O)COc2ccc(C(C)=O)cc21. The molecule has 1 amide bonds. The van der Waals surface area contributed by atoms with Crippen LogP contribution in [0.25, 0.3) is 0 Å². The highest BCUT2D eigenvalue weighted by Gasteiger charge is 2.25. The zero-order chi connectivity index (χ0) is 15.2. The van der Waals surface area contributed by atoms with Crippen LogP contribution in [0.2, 0.25) is 0 Å². The topological polar surface area (TPSA) is 46.6 Å². The summed E-state index contributed by atoms with van der Waals surface area (Å²) < 4.78 is 5.44. The van der Waals surface area contributed by atoms with Gasteiger partial charge in [-0.1, -0.05) is 32.6 Å². The van der Waals surface area contributed by atoms with E-state index in [2.05, 4.69) is 6.92 Å². The fraction of sp³-hybridized carbons (Fsp3) is 0.529. The fourth-order valence-electron chi connectivity index (χ4n) is 2.54. The smallest absolute Gasteiger partial charge is 0.265 e. The number of nitrogens with zero attached hydrogens (tertiary/aromatic N) is 1. The van der Waals surface area contributed by atoms with Gasteiger partial charge in [-0.05, 0) is 31.5 Å². The summed E-state index contributed by atoms with van der Waals surface area (Å²) in [7, 11) is 0. The van der Waals surface area contributed by atoms with E-state index in [1.54, 1.807) is 23.1 Å². The Hall–Kier alpha value is -1.84. The molecule has 0 bridgehead atoms. The monoisotopic (exact) mass is 289 g/mol. The van der Waals surface area contributed by atoms with Gasteiger partial charge in [0.25, 0.3) is 5.91 Å². The summed E-state index contributed by atoms with van der Waals surface area (Å²) in [6.07, 6.45) is 5.76. The van der Waals surface area contributed by atoms with Crippen LogP contribution in [0.5, 0.6) is 5.75 Å². The second kappa shape index (κ2) is 7.25. The molecular weight excluding hydrogens is 266 g/mol. The van der Waals surface area contributed by atoms with Gasteiger partial charge < -0.3 is 9.64 Å². The maximum atomic E-state index is 12.1. The molecule has 0 unspecified atom stereocenters. The van der Waals surface area contributed by atoms with Crippen molar-refractivity contribution in [2.45, 2.75) is 46.0 Å². The zero-order valence-electron chi connectivity index (χ0n) is 12.9. The Labute approximate surface area is 126 Å². The molecular formula is C17H23NO3. The Morgan fingerprint density at radius 3 is 2.71 bits per heavy atom. The van der Waals surface area contributed by atoms with Crippen LogP contribution < -0.4 is 9.64 Å². The lowest BCUT2D eigenvalue weighted by Crippen LogP contribution is -2.39. The predicted octanol–water partition coefficient (Wildman–Crippen LogP) is 3.59. The molecule has 1 aliphatic rings. The number of carbonyl (C=O) groups is 2. The summed E-state index contributed by atoms with van der Waals surface area (Å²) in [6, 6.07) is 5.29. The number of Topliss-reactive ketones (excluding diaryl/α,β-unsaturated/α-hetero) is 1. The number of carbonyl (C=O) groups excluding carboxylic acids is 2. The Bertz CT molecular complexity index is 525. The van der Waals surface area contributed by atoms with E-state index in [1.807, 2.05) is 0 Å². The quantitative estimate of drug-likeness (QED) is 0.569. The van der Waals surface area contributed by atoms with Crippen molar-refractivity contribution in [1.82, 2.24) is 0 Å². The van der Waals surface area contributed by atoms with Crippen molar-refractivity contribution < 1.29 is 14.3 Å². The molecule has 1 aromatic rings. The van der Waals surface area contributed by atoms with Crippen molar-refractivity contribution in [1.29, 1.82) is 0 Å². The fourth-order valence-corrected chi connectivity index (χ4v) is 2.54. The van der Waals surface area contributed by atoms with Crippen molar-refractivity contribution >= 4 is 17.4 Å². The van der Waals surface area contributed by atoms with Crippen LogP contribution in [0.1, 0.15) is 56.3 Å². The first kappa shape index (κ1) is 15.5. The molecule has 1 aliphatic heterocycles. The van der Waals surface area contributed by atoms with Crippen molar-refractivity contribution in [3.63, 3.8) is 0 Å². The van der Waals surface area contributed by atoms with Crippen molar-refractivity contribution in [3.05, 3.63) is 23.8 Å². The molecule has 0 fully saturated rings. The molecule has 4 nitrogen and oxygen atoms in total. The molecule has 0 aliphatic carbocycles. The van der Waals surface area contributed by atoms with Crippen LogP contribution in [0.3, 0.4) is 0 Å². The normalized spacial score (nSPS) is 13.8. The molecule has 0 N–H and O–H groups in total. The molecule has 1 aromatic carbocycles. The van der Waals surface area contributed by atoms with Gasteiger partial charge in [-0.2, -0.15) is 0 Å². The second-order valence-corrected chi connectivity index (χ2v) is 5.49. The number of ether oxygens (including phenoxy) is 1. The van der Waals surface area contributed by atoms with E-state index in [0.29, 0.717) is 17.9 Å². The summed E-state index contributed by atoms with van der Waals surface area (Å²) in [4.78, 5) is 25.3. The molecule has 0 atom stereocenters. The number of benzene rings is 1. The first-order chi connectivity index (χ1) is 10.1. The number of fused-ring (bicyclic) bond motifs is 1. The first-order valence-corrected chi connectivity index (χ1v) is 7.71. The van der Waals surface area contributed by atoms with Gasteiger partial charge in [-0.15, -0.1) is 0 Å². The predicted molar refractivity (Wildman–Crippen MR) is 83.1 cm³/mol. The van der Waals surface area contributed by atoms with Gasteiger partial charge in [0, 0.05) is 12.1 Å². The third-order valence-corrected chi connectivity index (χ3v) is 3.79. The second-order valence-electron chi connectivity index (χ2n) is 5.49. The van der Waals surface area contributed by atoms with E-state index in [4.69, 9.17) is 4.74 Å². The highest BCUT2D eigenvalue weighted by atomic mass is 16.5. The molecule has 0 spiro atoms. The average Bonchev–Trinajstić information content (AvgIpc) is 2.48. The minimum absolute atomic E-state index is 0.00119. The zero-order valence-corrected chi connectivity index (χ0v) is 12.9. The number of hydrogen-bond donors (Lipinski definition) is 0. The molecule has 21 heavy (non-hydrogen) atoms. The molecule has 0 saturated heterocycles. The van der Waals surface area contributed by atoms with Crippen LogP contribution in [-0.2, 0) is 4.79 Å². The lowest BCUT2D eigenvalue weighted by Gasteiger charge is -2.29. The van der Waals surface area contributed by atoms with Crippen molar-refractivity contribution in [2.75, 3.05) is 18.1 Å². The minimum Gasteiger partial charge on any atom is -0.482 e. The van der Waals surface area contributed by atoms with E-state index in [1.165, 1.54) is 26.2 Å². The minimum atomic E-state index is -0.0290. The summed E-state index contributed by atoms with van der Waals surface area (Å²) >= 11 is 0. The van der Waals surface area contributed by atoms with Gasteiger partial charge >= 0.3 is 0 Å². The Morgan fingerprint density at radius 2 is 2.00 bits per heavy atom. The number of hydrogen-bond acceptors (Lipinski definition) is 3. The number of anilines is 1. The Morgan fingerprint density at radius 1 is 1.24 bits per heavy atom. The number of ketones is 1. The standard InChI is InChI=1S/C17H23NO3/c1-3-4-5-6-7-10-18-15-11-14(13(2)19)8-9-16(15)21-12-17(18)20/h8-9,11H,3-7,10,12H2,1-2H3. The molecule has 114 valence electrons. The Kier molecular flexibility index (Phi) is 5.37.